The molecule has 2 atom stereocenters. The SMILES string of the molecule is Cc1cn(CC(C)(C)OCCC(C)(C)OC(C)(C)C(=O)C(C)OC(=O)C(C)OC(C)C)nn1. The number of hydrogen-bond donors (Lipinski definition) is 0. The van der Waals surface area contributed by atoms with E-state index in [4.69, 9.17) is 18.9 Å². The smallest absolute Gasteiger partial charge is 0.335 e. The highest BCUT2D eigenvalue weighted by Crippen LogP contribution is 2.27. The predicted molar refractivity (Wildman–Crippen MR) is 125 cm³/mol. The highest BCUT2D eigenvalue weighted by atomic mass is 16.6. The molecule has 0 bridgehead atoms. The molecule has 0 aliphatic rings. The summed E-state index contributed by atoms with van der Waals surface area (Å²) in [6.07, 6.45) is 0.615. The molecule has 1 rings (SSSR count). The molecule has 190 valence electrons. The lowest BCUT2D eigenvalue weighted by molar-refractivity contribution is -0.182. The lowest BCUT2D eigenvalue weighted by atomic mass is 9.96. The summed E-state index contributed by atoms with van der Waals surface area (Å²) in [5, 5.41) is 8.07. The van der Waals surface area contributed by atoms with E-state index in [9.17, 15) is 9.59 Å². The first-order chi connectivity index (χ1) is 14.9. The maximum atomic E-state index is 13.0. The van der Waals surface area contributed by atoms with Crippen LogP contribution in [0.4, 0.5) is 0 Å². The van der Waals surface area contributed by atoms with Crippen molar-refractivity contribution >= 4 is 11.8 Å². The fourth-order valence-electron chi connectivity index (χ4n) is 3.55. The molecule has 1 heterocycles. The summed E-state index contributed by atoms with van der Waals surface area (Å²) in [5.41, 5.74) is -1.39. The first-order valence-corrected chi connectivity index (χ1v) is 11.6. The summed E-state index contributed by atoms with van der Waals surface area (Å²) < 4.78 is 24.8. The molecular formula is C24H43N3O6. The van der Waals surface area contributed by atoms with Crippen molar-refractivity contribution in [1.82, 2.24) is 15.0 Å². The molecule has 0 aliphatic heterocycles. The van der Waals surface area contributed by atoms with Crippen molar-refractivity contribution in [3.05, 3.63) is 11.9 Å². The molecule has 0 N–H and O–H groups in total. The third-order valence-corrected chi connectivity index (χ3v) is 4.99. The molecule has 9 heteroatoms. The number of hydrogen-bond acceptors (Lipinski definition) is 8. The van der Waals surface area contributed by atoms with Gasteiger partial charge in [-0.25, -0.2) is 9.48 Å². The van der Waals surface area contributed by atoms with Gasteiger partial charge in [0.05, 0.1) is 36.2 Å². The van der Waals surface area contributed by atoms with Crippen LogP contribution >= 0.6 is 0 Å². The number of carbonyl (C=O) groups excluding carboxylic acids is 2. The molecule has 0 saturated carbocycles. The van der Waals surface area contributed by atoms with Gasteiger partial charge < -0.3 is 18.9 Å². The average Bonchev–Trinajstić information content (AvgIpc) is 3.02. The molecule has 2 unspecified atom stereocenters. The van der Waals surface area contributed by atoms with E-state index < -0.39 is 35.0 Å². The van der Waals surface area contributed by atoms with Crippen molar-refractivity contribution < 1.29 is 28.5 Å². The van der Waals surface area contributed by atoms with E-state index in [1.165, 1.54) is 0 Å². The maximum absolute atomic E-state index is 13.0. The first-order valence-electron chi connectivity index (χ1n) is 11.6. The predicted octanol–water partition coefficient (Wildman–Crippen LogP) is 3.66. The van der Waals surface area contributed by atoms with Crippen LogP contribution in [0.5, 0.6) is 0 Å². The van der Waals surface area contributed by atoms with Crippen molar-refractivity contribution in [2.24, 2.45) is 0 Å². The second-order valence-corrected chi connectivity index (χ2v) is 10.6. The van der Waals surface area contributed by atoms with Gasteiger partial charge >= 0.3 is 5.97 Å². The van der Waals surface area contributed by atoms with Crippen LogP contribution in [0.1, 0.15) is 81.4 Å². The van der Waals surface area contributed by atoms with Gasteiger partial charge in [-0.3, -0.25) is 4.79 Å². The molecule has 0 saturated heterocycles. The van der Waals surface area contributed by atoms with E-state index >= 15 is 0 Å². The second-order valence-electron chi connectivity index (χ2n) is 10.6. The summed E-state index contributed by atoms with van der Waals surface area (Å²) >= 11 is 0. The van der Waals surface area contributed by atoms with Gasteiger partial charge in [0, 0.05) is 6.20 Å². The molecule has 0 aliphatic carbocycles. The molecule has 0 spiro atoms. The zero-order chi connectivity index (χ0) is 25.6. The number of rotatable bonds is 14. The Kier molecular flexibility index (Phi) is 10.2. The van der Waals surface area contributed by atoms with Gasteiger partial charge in [0.15, 0.2) is 12.2 Å². The fraction of sp³-hybridized carbons (Fsp3) is 0.833. The third-order valence-electron chi connectivity index (χ3n) is 4.99. The quantitative estimate of drug-likeness (QED) is 0.381. The zero-order valence-corrected chi connectivity index (χ0v) is 22.2. The number of Topliss-reactive ketones (excluding diaryl/α,β-unsaturated/α-hetero) is 1. The summed E-state index contributed by atoms with van der Waals surface area (Å²) in [7, 11) is 0. The average molecular weight is 470 g/mol. The Morgan fingerprint density at radius 3 is 2.12 bits per heavy atom. The molecule has 9 nitrogen and oxygen atoms in total. The fourth-order valence-corrected chi connectivity index (χ4v) is 3.55. The van der Waals surface area contributed by atoms with Crippen molar-refractivity contribution in [1.29, 1.82) is 0 Å². The molecule has 0 aromatic carbocycles. The molecule has 0 radical (unpaired) electrons. The topological polar surface area (TPSA) is 102 Å². The van der Waals surface area contributed by atoms with Crippen LogP contribution in [0, 0.1) is 6.92 Å². The van der Waals surface area contributed by atoms with E-state index in [0.717, 1.165) is 5.69 Å². The summed E-state index contributed by atoms with van der Waals surface area (Å²) in [5.74, 6) is -0.888. The van der Waals surface area contributed by atoms with E-state index in [0.29, 0.717) is 19.6 Å². The van der Waals surface area contributed by atoms with Crippen LogP contribution in [-0.2, 0) is 35.1 Å². The van der Waals surface area contributed by atoms with Crippen molar-refractivity contribution in [2.75, 3.05) is 6.61 Å². The molecular weight excluding hydrogens is 426 g/mol. The van der Waals surface area contributed by atoms with Crippen molar-refractivity contribution in [3.8, 4) is 0 Å². The van der Waals surface area contributed by atoms with Crippen LogP contribution < -0.4 is 0 Å². The maximum Gasteiger partial charge on any atom is 0.335 e. The second kappa shape index (κ2) is 11.5. The van der Waals surface area contributed by atoms with Gasteiger partial charge in [-0.1, -0.05) is 5.21 Å². The molecule has 1 aromatic heterocycles. The Hall–Kier alpha value is -1.84. The lowest BCUT2D eigenvalue weighted by Gasteiger charge is -2.37. The first kappa shape index (κ1) is 29.2. The van der Waals surface area contributed by atoms with Gasteiger partial charge in [-0.05, 0) is 82.6 Å². The number of esters is 1. The third kappa shape index (κ3) is 10.3. The molecule has 0 amide bonds. The normalized spacial score (nSPS) is 14.9. The largest absolute Gasteiger partial charge is 0.453 e. The Morgan fingerprint density at radius 1 is 1.00 bits per heavy atom. The van der Waals surface area contributed by atoms with Gasteiger partial charge in [0.25, 0.3) is 0 Å². The number of carbonyl (C=O) groups is 2. The summed E-state index contributed by atoms with van der Waals surface area (Å²) in [6, 6.07) is 0. The molecule has 1 aromatic rings. The van der Waals surface area contributed by atoms with E-state index in [2.05, 4.69) is 10.3 Å². The van der Waals surface area contributed by atoms with Crippen molar-refractivity contribution in [3.63, 3.8) is 0 Å². The van der Waals surface area contributed by atoms with E-state index in [-0.39, 0.29) is 11.9 Å². The Bertz CT molecular complexity index is 785. The molecule has 33 heavy (non-hydrogen) atoms. The van der Waals surface area contributed by atoms with Crippen LogP contribution in [0.25, 0.3) is 0 Å². The van der Waals surface area contributed by atoms with E-state index in [1.807, 2.05) is 54.7 Å². The highest BCUT2D eigenvalue weighted by molar-refractivity contribution is 5.92. The summed E-state index contributed by atoms with van der Waals surface area (Å²) in [6.45, 7) is 20.9. The number of nitrogens with zero attached hydrogens (tertiary/aromatic N) is 3. The zero-order valence-electron chi connectivity index (χ0n) is 22.2. The minimum absolute atomic E-state index is 0.119. The van der Waals surface area contributed by atoms with Crippen LogP contribution in [-0.4, -0.2) is 68.5 Å². The lowest BCUT2D eigenvalue weighted by Crippen LogP contribution is -2.48. The molecule has 0 fully saturated rings. The van der Waals surface area contributed by atoms with Gasteiger partial charge in [0.2, 0.25) is 5.78 Å². The monoisotopic (exact) mass is 469 g/mol. The van der Waals surface area contributed by atoms with E-state index in [1.54, 1.807) is 32.4 Å². The standard InChI is InChI=1S/C24H43N3O6/c1-16(2)31-19(5)21(29)32-18(4)20(28)24(10,11)33-22(6,7)12-13-30-23(8,9)15-27-14-17(3)25-26-27/h14,16,18-19H,12-13,15H2,1-11H3. The van der Waals surface area contributed by atoms with Gasteiger partial charge in [-0.2, -0.15) is 0 Å². The number of ketones is 1. The number of aryl methyl sites for hydroxylation is 1. The highest BCUT2D eigenvalue weighted by Gasteiger charge is 2.39. The Labute approximate surface area is 198 Å². The minimum Gasteiger partial charge on any atom is -0.453 e. The number of aromatic nitrogens is 3. The van der Waals surface area contributed by atoms with Crippen molar-refractivity contribution in [2.45, 2.75) is 124 Å². The number of ether oxygens (including phenoxy) is 4. The summed E-state index contributed by atoms with van der Waals surface area (Å²) in [4.78, 5) is 25.2. The van der Waals surface area contributed by atoms with Gasteiger partial charge in [-0.15, -0.1) is 5.10 Å². The van der Waals surface area contributed by atoms with Gasteiger partial charge in [0.1, 0.15) is 5.60 Å². The Morgan fingerprint density at radius 2 is 1.61 bits per heavy atom. The minimum atomic E-state index is -1.15. The van der Waals surface area contributed by atoms with Crippen LogP contribution in [0.3, 0.4) is 0 Å². The Balaban J connectivity index is 2.60. The van der Waals surface area contributed by atoms with Crippen LogP contribution in [0.2, 0.25) is 0 Å². The van der Waals surface area contributed by atoms with Crippen LogP contribution in [0.15, 0.2) is 6.20 Å².